The summed E-state index contributed by atoms with van der Waals surface area (Å²) in [7, 11) is 0. The van der Waals surface area contributed by atoms with Gasteiger partial charge in [0.1, 0.15) is 0 Å². The molecule has 2 aliphatic heterocycles. The number of anilines is 2. The Morgan fingerprint density at radius 1 is 0.596 bits per heavy atom. The summed E-state index contributed by atoms with van der Waals surface area (Å²) in [5.74, 6) is -1.62. The minimum Gasteiger partial charge on any atom is -0.297 e. The molecule has 2 heterocycles. The topological polar surface area (TPSA) is 168 Å². The number of carbonyl (C=O) groups excluding carboxylic acids is 4. The number of benzene rings is 4. The van der Waals surface area contributed by atoms with E-state index in [1.54, 1.807) is 70.5 Å². The lowest BCUT2D eigenvalue weighted by Gasteiger charge is -2.24. The van der Waals surface area contributed by atoms with Crippen LogP contribution in [0.15, 0.2) is 97.1 Å². The van der Waals surface area contributed by atoms with Crippen LogP contribution in [0.3, 0.4) is 0 Å². The third-order valence-electron chi connectivity index (χ3n) is 7.93. The molecule has 4 aromatic rings. The molecule has 2 saturated heterocycles. The number of nitro groups is 2. The van der Waals surface area contributed by atoms with E-state index in [2.05, 4.69) is 0 Å². The second-order valence-corrected chi connectivity index (χ2v) is 11.0. The Labute approximate surface area is 267 Å². The van der Waals surface area contributed by atoms with Gasteiger partial charge in [0.05, 0.1) is 65.4 Å². The number of rotatable bonds is 10. The SMILES string of the molecule is O=C(c1ccccc1)c1cc([N+](=O)[O-])ccc1N1CN(CN2CC(=O)N(c3ccc([N+](=O)[O-])cc3C(=O)c3ccccc3)C2)CC1=O. The molecule has 47 heavy (non-hydrogen) atoms. The average Bonchev–Trinajstić information content (AvgIpc) is 3.64. The van der Waals surface area contributed by atoms with E-state index < -0.39 is 21.4 Å². The smallest absolute Gasteiger partial charge is 0.270 e. The molecule has 0 radical (unpaired) electrons. The van der Waals surface area contributed by atoms with E-state index in [-0.39, 0.29) is 78.8 Å². The number of hydrogen-bond donors (Lipinski definition) is 0. The van der Waals surface area contributed by atoms with Gasteiger partial charge in [-0.2, -0.15) is 0 Å². The van der Waals surface area contributed by atoms with Gasteiger partial charge in [-0.05, 0) is 12.1 Å². The van der Waals surface area contributed by atoms with Gasteiger partial charge in [-0.15, -0.1) is 0 Å². The highest BCUT2D eigenvalue weighted by Gasteiger charge is 2.37. The van der Waals surface area contributed by atoms with Crippen molar-refractivity contribution in [3.8, 4) is 0 Å². The molecular weight excluding hydrogens is 608 g/mol. The first-order valence-corrected chi connectivity index (χ1v) is 14.4. The summed E-state index contributed by atoms with van der Waals surface area (Å²) in [5.41, 5.74) is 0.521. The van der Waals surface area contributed by atoms with Crippen LogP contribution < -0.4 is 9.80 Å². The fraction of sp³-hybridized carbons (Fsp3) is 0.152. The lowest BCUT2D eigenvalue weighted by atomic mass is 10.0. The van der Waals surface area contributed by atoms with Crippen molar-refractivity contribution in [2.45, 2.75) is 0 Å². The van der Waals surface area contributed by atoms with E-state index in [1.807, 2.05) is 0 Å². The molecule has 0 saturated carbocycles. The molecule has 2 fully saturated rings. The van der Waals surface area contributed by atoms with E-state index in [1.165, 1.54) is 34.1 Å². The highest BCUT2D eigenvalue weighted by Crippen LogP contribution is 2.32. The average molecular weight is 635 g/mol. The van der Waals surface area contributed by atoms with Crippen LogP contribution in [0.1, 0.15) is 31.8 Å². The van der Waals surface area contributed by atoms with Crippen LogP contribution in [-0.4, -0.2) is 76.1 Å². The quantitative estimate of drug-likeness (QED) is 0.142. The zero-order chi connectivity index (χ0) is 33.2. The molecule has 14 nitrogen and oxygen atoms in total. The number of amides is 2. The lowest BCUT2D eigenvalue weighted by Crippen LogP contribution is -2.37. The molecule has 0 aliphatic carbocycles. The molecule has 2 aliphatic rings. The summed E-state index contributed by atoms with van der Waals surface area (Å²) in [5, 5.41) is 23.0. The van der Waals surface area contributed by atoms with E-state index >= 15 is 0 Å². The number of carbonyl (C=O) groups is 4. The standard InChI is InChI=1S/C33H26N6O8/c40-30-17-34(20-36(30)28-13-11-24(38(44)45)15-26(28)32(42)22-7-3-1-4-8-22)19-35-18-31(41)37(21-35)29-14-12-25(39(46)47)16-27(29)33(43)23-9-5-2-6-10-23/h1-16H,17-21H2. The zero-order valence-electron chi connectivity index (χ0n) is 24.7. The van der Waals surface area contributed by atoms with Crippen LogP contribution in [0.25, 0.3) is 0 Å². The van der Waals surface area contributed by atoms with Gasteiger partial charge < -0.3 is 0 Å². The Bertz CT molecular complexity index is 1800. The highest BCUT2D eigenvalue weighted by molar-refractivity contribution is 6.16. The van der Waals surface area contributed by atoms with Gasteiger partial charge in [-0.3, -0.25) is 59.0 Å². The van der Waals surface area contributed by atoms with Crippen LogP contribution in [0.5, 0.6) is 0 Å². The van der Waals surface area contributed by atoms with E-state index in [9.17, 15) is 39.4 Å². The molecule has 0 unspecified atom stereocenters. The Morgan fingerprint density at radius 2 is 0.979 bits per heavy atom. The maximum absolute atomic E-state index is 13.4. The van der Waals surface area contributed by atoms with Crippen molar-refractivity contribution < 1.29 is 29.0 Å². The predicted octanol–water partition coefficient (Wildman–Crippen LogP) is 3.83. The molecule has 0 bridgehead atoms. The summed E-state index contributed by atoms with van der Waals surface area (Å²) < 4.78 is 0. The number of ketones is 2. The number of hydrogen-bond acceptors (Lipinski definition) is 10. The summed E-state index contributed by atoms with van der Waals surface area (Å²) in [6.45, 7) is 0.164. The van der Waals surface area contributed by atoms with E-state index in [0.717, 1.165) is 12.1 Å². The molecular formula is C33H26N6O8. The van der Waals surface area contributed by atoms with Gasteiger partial charge >= 0.3 is 0 Å². The first-order valence-electron chi connectivity index (χ1n) is 14.4. The molecule has 6 rings (SSSR count). The van der Waals surface area contributed by atoms with Crippen LogP contribution in [-0.2, 0) is 9.59 Å². The first-order chi connectivity index (χ1) is 22.6. The minimum atomic E-state index is -0.608. The minimum absolute atomic E-state index is 0.0110. The fourth-order valence-corrected chi connectivity index (χ4v) is 5.70. The zero-order valence-corrected chi connectivity index (χ0v) is 24.7. The molecule has 4 aromatic carbocycles. The van der Waals surface area contributed by atoms with Crippen molar-refractivity contribution in [3.63, 3.8) is 0 Å². The Morgan fingerprint density at radius 3 is 1.34 bits per heavy atom. The Balaban J connectivity index is 1.22. The second-order valence-electron chi connectivity index (χ2n) is 11.0. The summed E-state index contributed by atoms with van der Waals surface area (Å²) >= 11 is 0. The Kier molecular flexibility index (Phi) is 8.35. The van der Waals surface area contributed by atoms with Crippen molar-refractivity contribution >= 4 is 46.1 Å². The van der Waals surface area contributed by atoms with Crippen molar-refractivity contribution in [3.05, 3.63) is 140 Å². The second kappa shape index (κ2) is 12.7. The predicted molar refractivity (Wildman–Crippen MR) is 169 cm³/mol. The van der Waals surface area contributed by atoms with Crippen molar-refractivity contribution in [2.24, 2.45) is 0 Å². The van der Waals surface area contributed by atoms with Crippen molar-refractivity contribution in [1.82, 2.24) is 9.80 Å². The molecule has 236 valence electrons. The van der Waals surface area contributed by atoms with Gasteiger partial charge in [-0.25, -0.2) is 0 Å². The summed E-state index contributed by atoms with van der Waals surface area (Å²) in [4.78, 5) is 81.3. The van der Waals surface area contributed by atoms with E-state index in [0.29, 0.717) is 11.1 Å². The highest BCUT2D eigenvalue weighted by atomic mass is 16.6. The third kappa shape index (κ3) is 6.22. The van der Waals surface area contributed by atoms with Crippen LogP contribution >= 0.6 is 0 Å². The van der Waals surface area contributed by atoms with Gasteiger partial charge in [0.15, 0.2) is 11.6 Å². The van der Waals surface area contributed by atoms with E-state index in [4.69, 9.17) is 0 Å². The summed E-state index contributed by atoms with van der Waals surface area (Å²) in [6, 6.07) is 24.1. The lowest BCUT2D eigenvalue weighted by molar-refractivity contribution is -0.385. The summed E-state index contributed by atoms with van der Waals surface area (Å²) in [6.07, 6.45) is 0. The van der Waals surface area contributed by atoms with Gasteiger partial charge in [0.25, 0.3) is 11.4 Å². The monoisotopic (exact) mass is 634 g/mol. The molecule has 0 atom stereocenters. The van der Waals surface area contributed by atoms with Crippen molar-refractivity contribution in [2.75, 3.05) is 42.9 Å². The van der Waals surface area contributed by atoms with Crippen LogP contribution in [0, 0.1) is 20.2 Å². The van der Waals surface area contributed by atoms with Crippen LogP contribution in [0.4, 0.5) is 22.7 Å². The third-order valence-corrected chi connectivity index (χ3v) is 7.93. The molecule has 0 aromatic heterocycles. The van der Waals surface area contributed by atoms with Crippen molar-refractivity contribution in [1.29, 1.82) is 0 Å². The molecule has 0 spiro atoms. The van der Waals surface area contributed by atoms with Gasteiger partial charge in [-0.1, -0.05) is 60.7 Å². The number of non-ortho nitro benzene ring substituents is 2. The first kappa shape index (κ1) is 30.9. The molecule has 0 N–H and O–H groups in total. The van der Waals surface area contributed by atoms with Gasteiger partial charge in [0, 0.05) is 35.4 Å². The largest absolute Gasteiger partial charge is 0.297 e. The Hall–Kier alpha value is -6.12. The maximum atomic E-state index is 13.4. The maximum Gasteiger partial charge on any atom is 0.270 e. The fourth-order valence-electron chi connectivity index (χ4n) is 5.70. The molecule has 2 amide bonds. The van der Waals surface area contributed by atoms with Gasteiger partial charge in [0.2, 0.25) is 11.8 Å². The molecule has 14 heteroatoms. The number of nitro benzene ring substituents is 2. The number of nitrogens with zero attached hydrogens (tertiary/aromatic N) is 6. The van der Waals surface area contributed by atoms with Crippen LogP contribution in [0.2, 0.25) is 0 Å². The normalized spacial score (nSPS) is 15.3.